The molecule has 2 unspecified atom stereocenters. The molecule has 0 fully saturated rings. The number of anilines is 1. The lowest BCUT2D eigenvalue weighted by molar-refractivity contribution is -0.722. The molecule has 1 aliphatic carbocycles. The van der Waals surface area contributed by atoms with E-state index < -0.39 is 0 Å². The number of rotatable bonds is 1. The summed E-state index contributed by atoms with van der Waals surface area (Å²) in [6, 6.07) is 30.6. The van der Waals surface area contributed by atoms with Crippen LogP contribution in [0.4, 0.5) is 5.69 Å². The van der Waals surface area contributed by atoms with Crippen LogP contribution >= 0.6 is 0 Å². The van der Waals surface area contributed by atoms with Crippen molar-refractivity contribution in [1.29, 1.82) is 0 Å². The number of fused-ring (bicyclic) bond motifs is 6. The second-order valence-electron chi connectivity index (χ2n) is 12.8. The molecule has 4 heterocycles. The molecule has 0 radical (unpaired) electrons. The van der Waals surface area contributed by atoms with Crippen molar-refractivity contribution in [3.63, 3.8) is 0 Å². The Morgan fingerprint density at radius 1 is 0.825 bits per heavy atom. The Balaban J connectivity index is 1.37. The molecule has 40 heavy (non-hydrogen) atoms. The number of nitrogens with zero attached hydrogens (tertiary/aromatic N) is 3. The topological polar surface area (TPSA) is 11.0 Å². The molecule has 0 spiro atoms. The molecular formula is C37H37N3+2. The normalized spacial score (nSPS) is 19.8. The van der Waals surface area contributed by atoms with E-state index in [1.54, 1.807) is 5.56 Å². The predicted octanol–water partition coefficient (Wildman–Crippen LogP) is 7.13. The largest absolute Gasteiger partial charge is 0.378 e. The van der Waals surface area contributed by atoms with E-state index in [-0.39, 0.29) is 5.41 Å². The molecule has 3 nitrogen and oxygen atoms in total. The zero-order valence-electron chi connectivity index (χ0n) is 24.0. The lowest BCUT2D eigenvalue weighted by atomic mass is 9.65. The molecule has 2 atom stereocenters. The minimum Gasteiger partial charge on any atom is -0.378 e. The maximum Gasteiger partial charge on any atom is 0.221 e. The van der Waals surface area contributed by atoms with Crippen LogP contribution < -0.4 is 14.0 Å². The molecule has 3 aromatic carbocycles. The van der Waals surface area contributed by atoms with E-state index >= 15 is 0 Å². The summed E-state index contributed by atoms with van der Waals surface area (Å²) in [4.78, 5) is 2.22. The molecule has 0 amide bonds. The van der Waals surface area contributed by atoms with E-state index in [0.717, 1.165) is 25.8 Å². The van der Waals surface area contributed by atoms with Crippen molar-refractivity contribution in [3.05, 3.63) is 114 Å². The summed E-state index contributed by atoms with van der Waals surface area (Å²) in [5, 5.41) is 2.82. The summed E-state index contributed by atoms with van der Waals surface area (Å²) in [6.07, 6.45) is 8.00. The van der Waals surface area contributed by atoms with Crippen molar-refractivity contribution in [1.82, 2.24) is 0 Å². The average molecular weight is 524 g/mol. The molecule has 198 valence electrons. The molecule has 5 aromatic rings. The van der Waals surface area contributed by atoms with Crippen molar-refractivity contribution in [3.8, 4) is 22.5 Å². The highest BCUT2D eigenvalue weighted by atomic mass is 15.1. The highest BCUT2D eigenvalue weighted by Crippen LogP contribution is 2.53. The number of pyridine rings is 2. The van der Waals surface area contributed by atoms with Gasteiger partial charge in [0.05, 0.1) is 22.4 Å². The van der Waals surface area contributed by atoms with E-state index in [4.69, 9.17) is 0 Å². The van der Waals surface area contributed by atoms with Gasteiger partial charge < -0.3 is 4.90 Å². The van der Waals surface area contributed by atoms with E-state index in [1.807, 2.05) is 0 Å². The molecular weight excluding hydrogens is 486 g/mol. The predicted molar refractivity (Wildman–Crippen MR) is 163 cm³/mol. The second-order valence-corrected chi connectivity index (χ2v) is 12.8. The number of hydrogen-bond acceptors (Lipinski definition) is 1. The lowest BCUT2D eigenvalue weighted by Crippen LogP contribution is -2.50. The first-order valence-corrected chi connectivity index (χ1v) is 14.8. The fourth-order valence-corrected chi connectivity index (χ4v) is 8.08. The first-order valence-electron chi connectivity index (χ1n) is 14.8. The summed E-state index contributed by atoms with van der Waals surface area (Å²) in [5.41, 5.74) is 12.8. The summed E-state index contributed by atoms with van der Waals surface area (Å²) in [5.74, 6) is 0.467. The van der Waals surface area contributed by atoms with Gasteiger partial charge in [0.15, 0.2) is 18.4 Å². The third-order valence-electron chi connectivity index (χ3n) is 10.1. The number of aryl methyl sites for hydroxylation is 2. The SMILES string of the molecule is CN(C)c1ccc2c(c1)-c1cccc[n+]1CCC1c3cccc4c3-c3c5c(cccc5cc[n+]3C1CC2)C4(C)C. The molecule has 8 rings (SSSR count). The Bertz CT molecular complexity index is 1830. The maximum absolute atomic E-state index is 2.68. The summed E-state index contributed by atoms with van der Waals surface area (Å²) >= 11 is 0. The molecule has 0 saturated heterocycles. The molecule has 0 bridgehead atoms. The average Bonchev–Trinajstić information content (AvgIpc) is 2.97. The van der Waals surface area contributed by atoms with Gasteiger partial charge in [-0.1, -0.05) is 56.3 Å². The third kappa shape index (κ3) is 3.24. The first-order chi connectivity index (χ1) is 19.4. The Morgan fingerprint density at radius 3 is 2.55 bits per heavy atom. The van der Waals surface area contributed by atoms with Crippen LogP contribution in [0.2, 0.25) is 0 Å². The Kier molecular flexibility index (Phi) is 5.08. The molecule has 2 aliphatic heterocycles. The van der Waals surface area contributed by atoms with Gasteiger partial charge in [0, 0.05) is 56.2 Å². The smallest absolute Gasteiger partial charge is 0.221 e. The Morgan fingerprint density at radius 2 is 1.68 bits per heavy atom. The van der Waals surface area contributed by atoms with Crippen LogP contribution in [0.5, 0.6) is 0 Å². The van der Waals surface area contributed by atoms with Crippen LogP contribution in [0.15, 0.2) is 91.3 Å². The van der Waals surface area contributed by atoms with Crippen molar-refractivity contribution < 1.29 is 9.13 Å². The standard InChI is InChI=1S/C37H37N3/c1-37(2)30-11-7-9-25-18-22-40-33-17-15-24-14-16-26(38(3)4)23-29(24)32-13-5-6-20-39(32)21-19-27(33)28-10-8-12-31(37)35(28)36(40)34(25)30/h5-14,16,18,20,22-23,27,33H,15,17,19,21H2,1-4H3/q+2. The van der Waals surface area contributed by atoms with Crippen molar-refractivity contribution in [2.75, 3.05) is 19.0 Å². The molecule has 3 heteroatoms. The van der Waals surface area contributed by atoms with Gasteiger partial charge in [-0.3, -0.25) is 0 Å². The van der Waals surface area contributed by atoms with Gasteiger partial charge in [-0.25, -0.2) is 0 Å². The van der Waals surface area contributed by atoms with E-state index in [2.05, 4.69) is 133 Å². The first kappa shape index (κ1) is 23.9. The van der Waals surface area contributed by atoms with E-state index in [0.29, 0.717) is 12.0 Å². The van der Waals surface area contributed by atoms with Crippen molar-refractivity contribution in [2.45, 2.75) is 57.0 Å². The number of hydrogen-bond donors (Lipinski definition) is 0. The second kappa shape index (κ2) is 8.51. The Labute approximate surface area is 237 Å². The van der Waals surface area contributed by atoms with Crippen LogP contribution in [0.25, 0.3) is 33.3 Å². The highest BCUT2D eigenvalue weighted by molar-refractivity contribution is 6.01. The third-order valence-corrected chi connectivity index (χ3v) is 10.1. The molecule has 0 N–H and O–H groups in total. The van der Waals surface area contributed by atoms with Crippen molar-refractivity contribution >= 4 is 16.5 Å². The van der Waals surface area contributed by atoms with Crippen molar-refractivity contribution in [2.24, 2.45) is 0 Å². The lowest BCUT2D eigenvalue weighted by Gasteiger charge is -2.39. The molecule has 0 saturated carbocycles. The summed E-state index contributed by atoms with van der Waals surface area (Å²) in [7, 11) is 4.27. The fourth-order valence-electron chi connectivity index (χ4n) is 8.08. The van der Waals surface area contributed by atoms with Crippen LogP contribution in [0.1, 0.15) is 60.9 Å². The number of benzene rings is 3. The van der Waals surface area contributed by atoms with Gasteiger partial charge in [0.25, 0.3) is 0 Å². The van der Waals surface area contributed by atoms with Gasteiger partial charge in [-0.2, -0.15) is 9.13 Å². The van der Waals surface area contributed by atoms with Crippen LogP contribution in [-0.4, -0.2) is 14.1 Å². The zero-order chi connectivity index (χ0) is 27.2. The van der Waals surface area contributed by atoms with Gasteiger partial charge >= 0.3 is 0 Å². The van der Waals surface area contributed by atoms with Crippen LogP contribution in [-0.2, 0) is 18.4 Å². The molecule has 2 aromatic heterocycles. The fraction of sp³-hybridized carbons (Fsp3) is 0.297. The summed E-state index contributed by atoms with van der Waals surface area (Å²) in [6.45, 7) is 5.84. The van der Waals surface area contributed by atoms with Crippen LogP contribution in [0.3, 0.4) is 0 Å². The van der Waals surface area contributed by atoms with Gasteiger partial charge in [-0.05, 0) is 52.3 Å². The zero-order valence-corrected chi connectivity index (χ0v) is 24.0. The van der Waals surface area contributed by atoms with E-state index in [9.17, 15) is 0 Å². The highest BCUT2D eigenvalue weighted by Gasteiger charge is 2.47. The summed E-state index contributed by atoms with van der Waals surface area (Å²) < 4.78 is 5.18. The quantitative estimate of drug-likeness (QED) is 0.213. The number of aromatic nitrogens is 2. The van der Waals surface area contributed by atoms with Gasteiger partial charge in [-0.15, -0.1) is 0 Å². The monoisotopic (exact) mass is 523 g/mol. The van der Waals surface area contributed by atoms with Gasteiger partial charge in [0.2, 0.25) is 11.4 Å². The Hall–Kier alpha value is -3.98. The van der Waals surface area contributed by atoms with E-state index in [1.165, 1.54) is 55.7 Å². The molecule has 3 aliphatic rings. The minimum absolute atomic E-state index is 0.0235. The minimum atomic E-state index is -0.0235. The maximum atomic E-state index is 2.68. The van der Waals surface area contributed by atoms with Crippen LogP contribution in [0, 0.1) is 0 Å². The van der Waals surface area contributed by atoms with Gasteiger partial charge in [0.1, 0.15) is 6.54 Å².